The lowest BCUT2D eigenvalue weighted by molar-refractivity contribution is 0.397. The van der Waals surface area contributed by atoms with Crippen LogP contribution in [0.2, 0.25) is 0 Å². The van der Waals surface area contributed by atoms with E-state index in [1.54, 1.807) is 0 Å². The maximum atomic E-state index is 5.99. The fraction of sp³-hybridized carbons (Fsp3) is 0.375. The smallest absolute Gasteiger partial charge is 0.00392 e. The van der Waals surface area contributed by atoms with E-state index in [9.17, 15) is 0 Å². The van der Waals surface area contributed by atoms with Gasteiger partial charge in [-0.2, -0.15) is 0 Å². The van der Waals surface area contributed by atoms with E-state index in [1.165, 1.54) is 42.0 Å². The first-order chi connectivity index (χ1) is 8.34. The van der Waals surface area contributed by atoms with E-state index in [-0.39, 0.29) is 0 Å². The Morgan fingerprint density at radius 1 is 0.824 bits per heavy atom. The van der Waals surface area contributed by atoms with Crippen molar-refractivity contribution in [2.24, 2.45) is 5.73 Å². The van der Waals surface area contributed by atoms with Gasteiger partial charge in [0.1, 0.15) is 0 Å². The van der Waals surface area contributed by atoms with Crippen LogP contribution < -0.4 is 5.73 Å². The second-order valence-corrected chi connectivity index (χ2v) is 5.18. The van der Waals surface area contributed by atoms with E-state index in [2.05, 4.69) is 42.5 Å². The van der Waals surface area contributed by atoms with Crippen LogP contribution in [0.5, 0.6) is 0 Å². The van der Waals surface area contributed by atoms with Crippen LogP contribution in [0.25, 0.3) is 10.8 Å². The van der Waals surface area contributed by atoms with Crippen molar-refractivity contribution in [3.63, 3.8) is 0 Å². The van der Waals surface area contributed by atoms with Crippen LogP contribution in [0, 0.1) is 0 Å². The summed E-state index contributed by atoms with van der Waals surface area (Å²) in [7, 11) is 0. The third-order valence-corrected chi connectivity index (χ3v) is 4.04. The lowest BCUT2D eigenvalue weighted by Gasteiger charge is -2.27. The van der Waals surface area contributed by atoms with Crippen molar-refractivity contribution in [2.45, 2.75) is 37.6 Å². The van der Waals surface area contributed by atoms with Crippen molar-refractivity contribution >= 4 is 10.8 Å². The fourth-order valence-electron chi connectivity index (χ4n) is 3.04. The molecule has 1 fully saturated rings. The van der Waals surface area contributed by atoms with Gasteiger partial charge in [0.15, 0.2) is 0 Å². The van der Waals surface area contributed by atoms with Crippen molar-refractivity contribution in [2.75, 3.05) is 0 Å². The minimum absolute atomic E-state index is 0.432. The molecule has 1 aliphatic rings. The van der Waals surface area contributed by atoms with Crippen molar-refractivity contribution in [1.29, 1.82) is 0 Å². The number of rotatable bonds is 1. The Bertz CT molecular complexity index is 504. The van der Waals surface area contributed by atoms with Gasteiger partial charge in [-0.15, -0.1) is 0 Å². The zero-order valence-corrected chi connectivity index (χ0v) is 10.1. The predicted molar refractivity (Wildman–Crippen MR) is 73.1 cm³/mol. The summed E-state index contributed by atoms with van der Waals surface area (Å²) in [6.45, 7) is 0. The number of benzene rings is 2. The highest BCUT2D eigenvalue weighted by Crippen LogP contribution is 2.35. The molecule has 0 spiro atoms. The minimum Gasteiger partial charge on any atom is -0.328 e. The summed E-state index contributed by atoms with van der Waals surface area (Å²) in [5.41, 5.74) is 7.51. The maximum absolute atomic E-state index is 5.99. The highest BCUT2D eigenvalue weighted by Gasteiger charge is 2.21. The minimum atomic E-state index is 0.432. The maximum Gasteiger partial charge on any atom is 0.00392 e. The molecule has 0 aliphatic heterocycles. The number of hydrogen-bond donors (Lipinski definition) is 1. The summed E-state index contributed by atoms with van der Waals surface area (Å²) in [5.74, 6) is 0.709. The summed E-state index contributed by atoms with van der Waals surface area (Å²) < 4.78 is 0. The molecule has 0 atom stereocenters. The van der Waals surface area contributed by atoms with Crippen LogP contribution in [-0.2, 0) is 0 Å². The zero-order valence-electron chi connectivity index (χ0n) is 10.1. The highest BCUT2D eigenvalue weighted by molar-refractivity contribution is 5.86. The molecular weight excluding hydrogens is 206 g/mol. The second-order valence-electron chi connectivity index (χ2n) is 5.18. The topological polar surface area (TPSA) is 26.0 Å². The molecule has 0 unspecified atom stereocenters. The van der Waals surface area contributed by atoms with Gasteiger partial charge in [0.05, 0.1) is 0 Å². The van der Waals surface area contributed by atoms with E-state index in [0.29, 0.717) is 12.0 Å². The van der Waals surface area contributed by atoms with Crippen LogP contribution >= 0.6 is 0 Å². The van der Waals surface area contributed by atoms with Crippen LogP contribution in [0.3, 0.4) is 0 Å². The van der Waals surface area contributed by atoms with Gasteiger partial charge in [-0.25, -0.2) is 0 Å². The lowest BCUT2D eigenvalue weighted by Crippen LogP contribution is -2.25. The van der Waals surface area contributed by atoms with Crippen molar-refractivity contribution in [3.8, 4) is 0 Å². The number of fused-ring (bicyclic) bond motifs is 1. The zero-order chi connectivity index (χ0) is 11.7. The molecule has 1 saturated carbocycles. The summed E-state index contributed by atoms with van der Waals surface area (Å²) in [6.07, 6.45) is 4.84. The molecule has 88 valence electrons. The third-order valence-electron chi connectivity index (χ3n) is 4.04. The highest BCUT2D eigenvalue weighted by atomic mass is 14.6. The second kappa shape index (κ2) is 4.50. The van der Waals surface area contributed by atoms with Crippen molar-refractivity contribution < 1.29 is 0 Å². The Kier molecular flexibility index (Phi) is 2.86. The first-order valence-electron chi connectivity index (χ1n) is 6.58. The normalized spacial score (nSPS) is 25.0. The quantitative estimate of drug-likeness (QED) is 0.784. The van der Waals surface area contributed by atoms with Crippen molar-refractivity contribution in [1.82, 2.24) is 0 Å². The SMILES string of the molecule is NC1CCC(c2cccc3ccccc23)CC1. The molecule has 0 heterocycles. The first-order valence-corrected chi connectivity index (χ1v) is 6.58. The molecule has 0 radical (unpaired) electrons. The van der Waals surface area contributed by atoms with E-state index in [1.807, 2.05) is 0 Å². The predicted octanol–water partition coefficient (Wildman–Crippen LogP) is 3.82. The molecule has 2 N–H and O–H groups in total. The van der Waals surface area contributed by atoms with Gasteiger partial charge in [-0.05, 0) is 47.9 Å². The molecule has 3 rings (SSSR count). The Morgan fingerprint density at radius 3 is 2.35 bits per heavy atom. The molecule has 1 aliphatic carbocycles. The average Bonchev–Trinajstić information content (AvgIpc) is 2.39. The molecule has 2 aromatic carbocycles. The molecule has 0 amide bonds. The van der Waals surface area contributed by atoms with Crippen LogP contribution in [0.1, 0.15) is 37.2 Å². The monoisotopic (exact) mass is 225 g/mol. The third kappa shape index (κ3) is 2.07. The Morgan fingerprint density at radius 2 is 1.53 bits per heavy atom. The Balaban J connectivity index is 2.00. The standard InChI is InChI=1S/C16H19N/c17-14-10-8-13(9-11-14)16-7-3-5-12-4-1-2-6-15(12)16/h1-7,13-14H,8-11,17H2. The first kappa shape index (κ1) is 10.8. The number of hydrogen-bond acceptors (Lipinski definition) is 1. The van der Waals surface area contributed by atoms with E-state index in [0.717, 1.165) is 0 Å². The van der Waals surface area contributed by atoms with Gasteiger partial charge in [-0.1, -0.05) is 42.5 Å². The summed E-state index contributed by atoms with van der Waals surface area (Å²) >= 11 is 0. The molecule has 1 heteroatoms. The molecule has 1 nitrogen and oxygen atoms in total. The lowest BCUT2D eigenvalue weighted by atomic mass is 9.80. The van der Waals surface area contributed by atoms with Gasteiger partial charge in [-0.3, -0.25) is 0 Å². The van der Waals surface area contributed by atoms with Gasteiger partial charge in [0.2, 0.25) is 0 Å². The number of nitrogens with two attached hydrogens (primary N) is 1. The van der Waals surface area contributed by atoms with Crippen molar-refractivity contribution in [3.05, 3.63) is 48.0 Å². The van der Waals surface area contributed by atoms with E-state index in [4.69, 9.17) is 5.73 Å². The molecule has 0 aromatic heterocycles. The molecule has 17 heavy (non-hydrogen) atoms. The van der Waals surface area contributed by atoms with E-state index >= 15 is 0 Å². The molecule has 2 aromatic rings. The van der Waals surface area contributed by atoms with E-state index < -0.39 is 0 Å². The largest absolute Gasteiger partial charge is 0.328 e. The summed E-state index contributed by atoms with van der Waals surface area (Å²) in [6, 6.07) is 15.8. The summed E-state index contributed by atoms with van der Waals surface area (Å²) in [4.78, 5) is 0. The fourth-order valence-corrected chi connectivity index (χ4v) is 3.04. The van der Waals surface area contributed by atoms with Gasteiger partial charge < -0.3 is 5.73 Å². The molecular formula is C16H19N. The van der Waals surface area contributed by atoms with Crippen LogP contribution in [-0.4, -0.2) is 6.04 Å². The van der Waals surface area contributed by atoms with Crippen LogP contribution in [0.15, 0.2) is 42.5 Å². The van der Waals surface area contributed by atoms with Crippen LogP contribution in [0.4, 0.5) is 0 Å². The average molecular weight is 225 g/mol. The Labute approximate surface area is 103 Å². The molecule has 0 bridgehead atoms. The molecule has 0 saturated heterocycles. The summed E-state index contributed by atoms with van der Waals surface area (Å²) in [5, 5.41) is 2.79. The Hall–Kier alpha value is -1.34. The van der Waals surface area contributed by atoms with Gasteiger partial charge in [0.25, 0.3) is 0 Å². The van der Waals surface area contributed by atoms with Gasteiger partial charge in [0, 0.05) is 6.04 Å². The van der Waals surface area contributed by atoms with Gasteiger partial charge >= 0.3 is 0 Å².